The Bertz CT molecular complexity index is 1030. The van der Waals surface area contributed by atoms with Gasteiger partial charge in [-0.15, -0.1) is 5.11 Å². The van der Waals surface area contributed by atoms with Crippen LogP contribution in [0, 0.1) is 27.7 Å². The minimum atomic E-state index is 0.190. The summed E-state index contributed by atoms with van der Waals surface area (Å²) in [6.45, 7) is 12.7. The molecule has 3 nitrogen and oxygen atoms in total. The summed E-state index contributed by atoms with van der Waals surface area (Å²) in [5.41, 5.74) is 7.31. The number of phenolic OH excluding ortho intramolecular Hbond substituents is 1. The van der Waals surface area contributed by atoms with Crippen LogP contribution in [0.4, 0.5) is 11.4 Å². The fraction of sp³-hybridized carbons (Fsp3) is 0.333. The third-order valence-electron chi connectivity index (χ3n) is 5.51. The van der Waals surface area contributed by atoms with Crippen molar-refractivity contribution in [2.75, 3.05) is 0 Å². The number of aromatic hydroxyl groups is 1. The highest BCUT2D eigenvalue weighted by molar-refractivity contribution is 5.96. The van der Waals surface area contributed by atoms with Gasteiger partial charge in [0.15, 0.2) is 5.75 Å². The molecule has 0 saturated carbocycles. The van der Waals surface area contributed by atoms with Crippen LogP contribution >= 0.6 is 0 Å². The van der Waals surface area contributed by atoms with Crippen molar-refractivity contribution in [1.29, 1.82) is 0 Å². The van der Waals surface area contributed by atoms with Crippen LogP contribution in [-0.4, -0.2) is 5.11 Å². The monoisotopic (exact) mass is 360 g/mol. The second-order valence-corrected chi connectivity index (χ2v) is 7.56. The normalized spacial score (nSPS) is 12.8. The number of hydrogen-bond donors (Lipinski definition) is 1. The van der Waals surface area contributed by atoms with Gasteiger partial charge >= 0.3 is 0 Å². The van der Waals surface area contributed by atoms with Crippen molar-refractivity contribution in [2.45, 2.75) is 53.9 Å². The summed E-state index contributed by atoms with van der Waals surface area (Å²) in [6, 6.07) is 12.2. The van der Waals surface area contributed by atoms with Crippen molar-refractivity contribution in [3.05, 3.63) is 64.2 Å². The lowest BCUT2D eigenvalue weighted by Gasteiger charge is -2.14. The lowest BCUT2D eigenvalue weighted by Crippen LogP contribution is -1.95. The van der Waals surface area contributed by atoms with E-state index >= 15 is 0 Å². The number of benzene rings is 3. The van der Waals surface area contributed by atoms with Gasteiger partial charge in [-0.05, 0) is 85.4 Å². The number of nitrogens with zero attached hydrogens (tertiary/aromatic N) is 2. The number of azo groups is 1. The fourth-order valence-corrected chi connectivity index (χ4v) is 3.77. The maximum atomic E-state index is 10.7. The molecule has 0 aliphatic heterocycles. The topological polar surface area (TPSA) is 45.0 Å². The second-order valence-electron chi connectivity index (χ2n) is 7.56. The SMILES string of the molecule is CCC(C)c1cc(N=Nc2cc(C)c3c(C)cccc3c2O)c(C)cc1C. The van der Waals surface area contributed by atoms with Gasteiger partial charge in [-0.1, -0.05) is 38.1 Å². The van der Waals surface area contributed by atoms with Crippen LogP contribution in [0.2, 0.25) is 0 Å². The van der Waals surface area contributed by atoms with E-state index in [1.165, 1.54) is 11.1 Å². The lowest BCUT2D eigenvalue weighted by atomic mass is 9.92. The Morgan fingerprint density at radius 2 is 1.56 bits per heavy atom. The van der Waals surface area contributed by atoms with Crippen LogP contribution in [0.15, 0.2) is 46.6 Å². The molecule has 140 valence electrons. The first kappa shape index (κ1) is 19.1. The summed E-state index contributed by atoms with van der Waals surface area (Å²) in [4.78, 5) is 0. The van der Waals surface area contributed by atoms with E-state index in [2.05, 4.69) is 63.0 Å². The zero-order valence-electron chi connectivity index (χ0n) is 17.1. The molecule has 27 heavy (non-hydrogen) atoms. The summed E-state index contributed by atoms with van der Waals surface area (Å²) in [5, 5.41) is 21.5. The first-order chi connectivity index (χ1) is 12.8. The Hall–Kier alpha value is -2.68. The zero-order chi connectivity index (χ0) is 19.7. The van der Waals surface area contributed by atoms with Crippen molar-refractivity contribution in [3.63, 3.8) is 0 Å². The smallest absolute Gasteiger partial charge is 0.150 e. The molecule has 3 heteroatoms. The van der Waals surface area contributed by atoms with Crippen LogP contribution in [0.3, 0.4) is 0 Å². The molecule has 1 N–H and O–H groups in total. The quantitative estimate of drug-likeness (QED) is 0.476. The third-order valence-corrected chi connectivity index (χ3v) is 5.51. The summed E-state index contributed by atoms with van der Waals surface area (Å²) in [6.07, 6.45) is 1.09. The van der Waals surface area contributed by atoms with Gasteiger partial charge in [-0.2, -0.15) is 5.11 Å². The highest BCUT2D eigenvalue weighted by Gasteiger charge is 2.12. The Balaban J connectivity index is 2.08. The van der Waals surface area contributed by atoms with Crippen LogP contribution in [0.1, 0.15) is 54.0 Å². The molecule has 0 aromatic heterocycles. The molecule has 0 radical (unpaired) electrons. The predicted molar refractivity (Wildman–Crippen MR) is 114 cm³/mol. The average molecular weight is 361 g/mol. The van der Waals surface area contributed by atoms with E-state index in [0.29, 0.717) is 11.6 Å². The molecule has 0 aliphatic carbocycles. The highest BCUT2D eigenvalue weighted by atomic mass is 16.3. The van der Waals surface area contributed by atoms with Gasteiger partial charge in [0, 0.05) is 5.39 Å². The van der Waals surface area contributed by atoms with E-state index in [1.807, 2.05) is 25.1 Å². The summed E-state index contributed by atoms with van der Waals surface area (Å²) >= 11 is 0. The number of rotatable bonds is 4. The molecule has 0 fully saturated rings. The first-order valence-corrected chi connectivity index (χ1v) is 9.58. The van der Waals surface area contributed by atoms with E-state index in [4.69, 9.17) is 0 Å². The fourth-order valence-electron chi connectivity index (χ4n) is 3.77. The summed E-state index contributed by atoms with van der Waals surface area (Å²) < 4.78 is 0. The van der Waals surface area contributed by atoms with E-state index in [1.54, 1.807) is 0 Å². The van der Waals surface area contributed by atoms with E-state index in [9.17, 15) is 5.11 Å². The molecule has 0 bridgehead atoms. The second kappa shape index (κ2) is 7.51. The van der Waals surface area contributed by atoms with Crippen molar-refractivity contribution in [3.8, 4) is 5.75 Å². The maximum Gasteiger partial charge on any atom is 0.150 e. The number of phenols is 1. The van der Waals surface area contributed by atoms with Crippen molar-refractivity contribution in [1.82, 2.24) is 0 Å². The molecule has 3 aromatic carbocycles. The van der Waals surface area contributed by atoms with Gasteiger partial charge in [0.05, 0.1) is 5.69 Å². The number of aryl methyl sites for hydroxylation is 4. The molecule has 0 heterocycles. The van der Waals surface area contributed by atoms with Crippen LogP contribution in [0.5, 0.6) is 5.75 Å². The molecular weight excluding hydrogens is 332 g/mol. The molecule has 0 spiro atoms. The lowest BCUT2D eigenvalue weighted by molar-refractivity contribution is 0.482. The molecule has 1 unspecified atom stereocenters. The molecule has 0 saturated heterocycles. The van der Waals surface area contributed by atoms with Gasteiger partial charge in [-0.25, -0.2) is 0 Å². The Morgan fingerprint density at radius 1 is 0.852 bits per heavy atom. The molecule has 0 aliphatic rings. The van der Waals surface area contributed by atoms with Crippen molar-refractivity contribution in [2.24, 2.45) is 10.2 Å². The van der Waals surface area contributed by atoms with E-state index in [-0.39, 0.29) is 5.75 Å². The number of fused-ring (bicyclic) bond motifs is 1. The zero-order valence-corrected chi connectivity index (χ0v) is 17.1. The Kier molecular flexibility index (Phi) is 5.31. The molecule has 0 amide bonds. The van der Waals surface area contributed by atoms with E-state index < -0.39 is 0 Å². The first-order valence-electron chi connectivity index (χ1n) is 9.58. The van der Waals surface area contributed by atoms with Crippen LogP contribution in [0.25, 0.3) is 10.8 Å². The average Bonchev–Trinajstić information content (AvgIpc) is 2.63. The predicted octanol–water partition coefficient (Wildman–Crippen LogP) is 7.71. The van der Waals surface area contributed by atoms with Gasteiger partial charge < -0.3 is 5.11 Å². The van der Waals surface area contributed by atoms with Crippen LogP contribution in [-0.2, 0) is 0 Å². The standard InChI is InChI=1S/C24H28N2O/c1-7-14(2)20-13-21(17(5)11-16(20)4)25-26-22-12-18(6)23-15(3)9-8-10-19(23)24(22)27/h8-14,27H,7H2,1-6H3. The Morgan fingerprint density at radius 3 is 2.26 bits per heavy atom. The van der Waals surface area contributed by atoms with Gasteiger partial charge in [0.25, 0.3) is 0 Å². The van der Waals surface area contributed by atoms with Crippen LogP contribution < -0.4 is 0 Å². The minimum Gasteiger partial charge on any atom is -0.505 e. The van der Waals surface area contributed by atoms with Gasteiger partial charge in [0.1, 0.15) is 5.69 Å². The Labute approximate surface area is 161 Å². The molecule has 1 atom stereocenters. The highest BCUT2D eigenvalue weighted by Crippen LogP contribution is 2.39. The van der Waals surface area contributed by atoms with Gasteiger partial charge in [0.2, 0.25) is 0 Å². The van der Waals surface area contributed by atoms with E-state index in [0.717, 1.165) is 39.6 Å². The maximum absolute atomic E-state index is 10.7. The van der Waals surface area contributed by atoms with Gasteiger partial charge in [-0.3, -0.25) is 0 Å². The molecule has 3 rings (SSSR count). The molecular formula is C24H28N2O. The van der Waals surface area contributed by atoms with Crippen molar-refractivity contribution < 1.29 is 5.11 Å². The largest absolute Gasteiger partial charge is 0.505 e. The number of hydrogen-bond acceptors (Lipinski definition) is 3. The van der Waals surface area contributed by atoms with Crippen molar-refractivity contribution >= 4 is 22.1 Å². The summed E-state index contributed by atoms with van der Waals surface area (Å²) in [7, 11) is 0. The minimum absolute atomic E-state index is 0.190. The summed E-state index contributed by atoms with van der Waals surface area (Å²) in [5.74, 6) is 0.675. The molecule has 3 aromatic rings. The third kappa shape index (κ3) is 3.59.